The Balaban J connectivity index is 1.59. The van der Waals surface area contributed by atoms with Gasteiger partial charge in [0.2, 0.25) is 0 Å². The van der Waals surface area contributed by atoms with Gasteiger partial charge in [-0.1, -0.05) is 67.6 Å². The van der Waals surface area contributed by atoms with E-state index >= 15 is 0 Å². The fourth-order valence-corrected chi connectivity index (χ4v) is 5.02. The van der Waals surface area contributed by atoms with Gasteiger partial charge in [0.25, 0.3) is 0 Å². The molecule has 0 saturated carbocycles. The van der Waals surface area contributed by atoms with Gasteiger partial charge >= 0.3 is 17.9 Å². The molecule has 0 bridgehead atoms. The van der Waals surface area contributed by atoms with Crippen LogP contribution in [-0.4, -0.2) is 35.0 Å². The van der Waals surface area contributed by atoms with Gasteiger partial charge in [0, 0.05) is 24.2 Å². The van der Waals surface area contributed by atoms with E-state index in [1.807, 2.05) is 81.4 Å². The van der Waals surface area contributed by atoms with E-state index in [1.54, 1.807) is 0 Å². The van der Waals surface area contributed by atoms with Gasteiger partial charge in [0.05, 0.1) is 7.11 Å². The van der Waals surface area contributed by atoms with Crippen LogP contribution in [0, 0.1) is 13.8 Å². The highest BCUT2D eigenvalue weighted by Gasteiger charge is 2.25. The lowest BCUT2D eigenvalue weighted by molar-refractivity contribution is -0.140. The third-order valence-electron chi connectivity index (χ3n) is 7.28. The van der Waals surface area contributed by atoms with Crippen LogP contribution in [0.15, 0.2) is 60.7 Å². The number of hydrogen-bond acceptors (Lipinski definition) is 6. The summed E-state index contributed by atoms with van der Waals surface area (Å²) in [5, 5.41) is 0. The SMILES string of the molecule is CCc1c(Cc2[nH]c(C(=O)OCc3ccccc3)c(C)c2CCC(=O)OC)[nH]c(C(=O)OCc2ccccc2)c1C. The Hall–Kier alpha value is -4.59. The molecule has 0 atom stereocenters. The van der Waals surface area contributed by atoms with Crippen LogP contribution in [0.3, 0.4) is 0 Å². The van der Waals surface area contributed by atoms with Gasteiger partial charge in [-0.05, 0) is 60.1 Å². The van der Waals surface area contributed by atoms with E-state index in [-0.39, 0.29) is 25.6 Å². The average molecular weight is 557 g/mol. The zero-order chi connectivity index (χ0) is 29.4. The van der Waals surface area contributed by atoms with E-state index in [0.29, 0.717) is 30.7 Å². The maximum atomic E-state index is 13.1. The van der Waals surface area contributed by atoms with E-state index < -0.39 is 11.9 Å². The first-order valence-corrected chi connectivity index (χ1v) is 13.7. The molecule has 0 aliphatic carbocycles. The molecule has 4 aromatic rings. The summed E-state index contributed by atoms with van der Waals surface area (Å²) in [4.78, 5) is 44.6. The largest absolute Gasteiger partial charge is 0.469 e. The molecule has 2 N–H and O–H groups in total. The molecule has 4 rings (SSSR count). The predicted octanol–water partition coefficient (Wildman–Crippen LogP) is 5.93. The van der Waals surface area contributed by atoms with Crippen LogP contribution >= 0.6 is 0 Å². The Morgan fingerprint density at radius 1 is 0.707 bits per heavy atom. The van der Waals surface area contributed by atoms with Crippen molar-refractivity contribution < 1.29 is 28.6 Å². The molecular weight excluding hydrogens is 520 g/mol. The minimum Gasteiger partial charge on any atom is -0.469 e. The molecular formula is C33H36N2O6. The molecule has 0 unspecified atom stereocenters. The van der Waals surface area contributed by atoms with Crippen LogP contribution in [0.4, 0.5) is 0 Å². The highest BCUT2D eigenvalue weighted by atomic mass is 16.5. The van der Waals surface area contributed by atoms with Crippen LogP contribution in [0.25, 0.3) is 0 Å². The van der Waals surface area contributed by atoms with Gasteiger partial charge in [0.15, 0.2) is 0 Å². The Morgan fingerprint density at radius 2 is 1.17 bits per heavy atom. The number of esters is 3. The summed E-state index contributed by atoms with van der Waals surface area (Å²) in [7, 11) is 1.35. The maximum Gasteiger partial charge on any atom is 0.355 e. The van der Waals surface area contributed by atoms with Crippen molar-refractivity contribution in [2.75, 3.05) is 7.11 Å². The summed E-state index contributed by atoms with van der Waals surface area (Å²) >= 11 is 0. The summed E-state index contributed by atoms with van der Waals surface area (Å²) in [6.45, 7) is 6.11. The summed E-state index contributed by atoms with van der Waals surface area (Å²) in [5.41, 5.74) is 7.60. The smallest absolute Gasteiger partial charge is 0.355 e. The van der Waals surface area contributed by atoms with Gasteiger partial charge in [-0.2, -0.15) is 0 Å². The molecule has 2 aromatic heterocycles. The lowest BCUT2D eigenvalue weighted by Gasteiger charge is -2.07. The second-order valence-electron chi connectivity index (χ2n) is 9.89. The first-order valence-electron chi connectivity index (χ1n) is 13.7. The van der Waals surface area contributed by atoms with Crippen molar-refractivity contribution in [2.45, 2.75) is 59.7 Å². The Morgan fingerprint density at radius 3 is 1.63 bits per heavy atom. The average Bonchev–Trinajstić information content (AvgIpc) is 3.49. The molecule has 214 valence electrons. The monoisotopic (exact) mass is 556 g/mol. The summed E-state index contributed by atoms with van der Waals surface area (Å²) in [6.07, 6.45) is 1.66. The van der Waals surface area contributed by atoms with E-state index in [1.165, 1.54) is 7.11 Å². The maximum absolute atomic E-state index is 13.1. The molecule has 2 aromatic carbocycles. The van der Waals surface area contributed by atoms with Crippen molar-refractivity contribution in [1.82, 2.24) is 9.97 Å². The lowest BCUT2D eigenvalue weighted by atomic mass is 9.99. The first kappa shape index (κ1) is 29.4. The molecule has 0 fully saturated rings. The number of methoxy groups -OCH3 is 1. The van der Waals surface area contributed by atoms with Crippen molar-refractivity contribution in [2.24, 2.45) is 0 Å². The van der Waals surface area contributed by atoms with E-state index in [4.69, 9.17) is 14.2 Å². The van der Waals surface area contributed by atoms with Crippen LogP contribution < -0.4 is 0 Å². The fourth-order valence-electron chi connectivity index (χ4n) is 5.02. The van der Waals surface area contributed by atoms with Crippen LogP contribution in [0.5, 0.6) is 0 Å². The van der Waals surface area contributed by atoms with Gasteiger partial charge < -0.3 is 24.2 Å². The minimum atomic E-state index is -0.472. The third-order valence-corrected chi connectivity index (χ3v) is 7.28. The summed E-state index contributed by atoms with van der Waals surface area (Å²) < 4.78 is 16.0. The summed E-state index contributed by atoms with van der Waals surface area (Å²) in [5.74, 6) is -1.23. The Kier molecular flexibility index (Phi) is 9.79. The van der Waals surface area contributed by atoms with Crippen molar-refractivity contribution in [3.63, 3.8) is 0 Å². The summed E-state index contributed by atoms with van der Waals surface area (Å²) in [6, 6.07) is 19.0. The van der Waals surface area contributed by atoms with Gasteiger partial charge in [-0.3, -0.25) is 4.79 Å². The van der Waals surface area contributed by atoms with Gasteiger partial charge in [0.1, 0.15) is 24.6 Å². The van der Waals surface area contributed by atoms with Crippen molar-refractivity contribution in [1.29, 1.82) is 0 Å². The Labute approximate surface area is 240 Å². The molecule has 0 aliphatic heterocycles. The molecule has 8 heteroatoms. The van der Waals surface area contributed by atoms with Crippen LogP contribution in [-0.2, 0) is 51.5 Å². The molecule has 41 heavy (non-hydrogen) atoms. The number of aromatic amines is 2. The highest BCUT2D eigenvalue weighted by molar-refractivity contribution is 5.90. The topological polar surface area (TPSA) is 110 Å². The number of H-pyrrole nitrogens is 2. The first-order chi connectivity index (χ1) is 19.8. The number of ether oxygens (including phenoxy) is 3. The number of nitrogens with one attached hydrogen (secondary N) is 2. The molecule has 2 heterocycles. The molecule has 8 nitrogen and oxygen atoms in total. The van der Waals surface area contributed by atoms with E-state index in [0.717, 1.165) is 44.8 Å². The highest BCUT2D eigenvalue weighted by Crippen LogP contribution is 2.28. The number of carbonyl (C=O) groups excluding carboxylic acids is 3. The van der Waals surface area contributed by atoms with E-state index in [9.17, 15) is 14.4 Å². The fraction of sp³-hybridized carbons (Fsp3) is 0.303. The van der Waals surface area contributed by atoms with Crippen LogP contribution in [0.2, 0.25) is 0 Å². The second kappa shape index (κ2) is 13.7. The molecule has 0 radical (unpaired) electrons. The zero-order valence-electron chi connectivity index (χ0n) is 24.0. The quantitative estimate of drug-likeness (QED) is 0.165. The van der Waals surface area contributed by atoms with Crippen molar-refractivity contribution >= 4 is 17.9 Å². The van der Waals surface area contributed by atoms with Crippen molar-refractivity contribution in [3.05, 3.63) is 117 Å². The standard InChI is InChI=1S/C33H36N2O6/c1-5-25-21(2)30(32(37)40-19-23-12-8-6-9-13-23)34-27(25)18-28-26(16-17-29(36)39-4)22(3)31(35-28)33(38)41-20-24-14-10-7-11-15-24/h6-15,34-35H,5,16-20H2,1-4H3. The molecule has 0 amide bonds. The normalized spacial score (nSPS) is 10.8. The number of aromatic nitrogens is 2. The van der Waals surface area contributed by atoms with Crippen molar-refractivity contribution in [3.8, 4) is 0 Å². The molecule has 0 saturated heterocycles. The number of rotatable bonds is 12. The number of hydrogen-bond donors (Lipinski definition) is 2. The number of carbonyl (C=O) groups is 3. The second-order valence-corrected chi connectivity index (χ2v) is 9.89. The Bertz CT molecular complexity index is 1500. The van der Waals surface area contributed by atoms with Gasteiger partial charge in [-0.25, -0.2) is 9.59 Å². The van der Waals surface area contributed by atoms with E-state index in [2.05, 4.69) is 9.97 Å². The van der Waals surface area contributed by atoms with Gasteiger partial charge in [-0.15, -0.1) is 0 Å². The molecule has 0 spiro atoms. The third kappa shape index (κ3) is 7.14. The van der Waals surface area contributed by atoms with Crippen LogP contribution in [0.1, 0.15) is 79.1 Å². The predicted molar refractivity (Wildman–Crippen MR) is 155 cm³/mol. The molecule has 0 aliphatic rings. The minimum absolute atomic E-state index is 0.148. The number of benzene rings is 2. The zero-order valence-corrected chi connectivity index (χ0v) is 24.0. The lowest BCUT2D eigenvalue weighted by Crippen LogP contribution is -2.08.